The lowest BCUT2D eigenvalue weighted by atomic mass is 9.99. The summed E-state index contributed by atoms with van der Waals surface area (Å²) in [5.41, 5.74) is 5.70. The number of hydroxylamine groups is 2. The third kappa shape index (κ3) is 7.61. The van der Waals surface area contributed by atoms with E-state index < -0.39 is 11.9 Å². The molecule has 2 aromatic heterocycles. The first-order valence-corrected chi connectivity index (χ1v) is 19.5. The smallest absolute Gasteiger partial charge is 0.255 e. The van der Waals surface area contributed by atoms with Gasteiger partial charge in [0.15, 0.2) is 5.82 Å². The van der Waals surface area contributed by atoms with E-state index in [0.29, 0.717) is 54.1 Å². The van der Waals surface area contributed by atoms with Crippen molar-refractivity contribution in [3.05, 3.63) is 97.0 Å². The second-order valence-electron chi connectivity index (χ2n) is 14.1. The van der Waals surface area contributed by atoms with Crippen molar-refractivity contribution in [3.8, 4) is 5.00 Å². The lowest BCUT2D eigenvalue weighted by molar-refractivity contribution is -0.137. The summed E-state index contributed by atoms with van der Waals surface area (Å²) in [5.74, 6) is 0.243. The first-order valence-electron chi connectivity index (χ1n) is 18.3. The largest absolute Gasteiger partial charge is 0.785 e. The van der Waals surface area contributed by atoms with Crippen LogP contribution in [0.1, 0.15) is 107 Å². The average molecular weight is 770 g/mol. The molecule has 2 N–H and O–H groups in total. The van der Waals surface area contributed by atoms with E-state index in [-0.39, 0.29) is 49.7 Å². The Morgan fingerprint density at radius 1 is 1.04 bits per heavy atom. The molecule has 0 spiro atoms. The second-order valence-corrected chi connectivity index (χ2v) is 15.7. The number of amides is 4. The van der Waals surface area contributed by atoms with Crippen LogP contribution in [0, 0.1) is 26.0 Å². The van der Waals surface area contributed by atoms with E-state index in [2.05, 4.69) is 39.2 Å². The summed E-state index contributed by atoms with van der Waals surface area (Å²) < 4.78 is 2.09. The van der Waals surface area contributed by atoms with Gasteiger partial charge >= 0.3 is 0 Å². The fourth-order valence-corrected chi connectivity index (χ4v) is 8.75. The van der Waals surface area contributed by atoms with Gasteiger partial charge in [-0.15, -0.1) is 21.5 Å². The highest BCUT2D eigenvalue weighted by Crippen LogP contribution is 2.40. The number of carbonyl (C=O) groups is 4. The van der Waals surface area contributed by atoms with Crippen LogP contribution in [0.4, 0.5) is 5.69 Å². The first-order chi connectivity index (χ1) is 26.0. The van der Waals surface area contributed by atoms with Gasteiger partial charge < -0.3 is 20.5 Å². The van der Waals surface area contributed by atoms with Crippen LogP contribution in [-0.4, -0.2) is 73.2 Å². The number of carbonyl (C=O) groups excluding carboxylic acids is 4. The number of aromatic nitrogens is 3. The first kappa shape index (κ1) is 37.6. The fourth-order valence-electron chi connectivity index (χ4n) is 7.41. The van der Waals surface area contributed by atoms with E-state index in [0.717, 1.165) is 57.0 Å². The van der Waals surface area contributed by atoms with Gasteiger partial charge in [-0.05, 0) is 89.4 Å². The molecule has 1 fully saturated rings. The van der Waals surface area contributed by atoms with E-state index in [1.807, 2.05) is 31.2 Å². The summed E-state index contributed by atoms with van der Waals surface area (Å²) in [6.45, 7) is 7.00. The van der Waals surface area contributed by atoms with Crippen molar-refractivity contribution in [3.63, 3.8) is 0 Å². The number of unbranched alkanes of at least 4 members (excludes halogenated alkanes) is 3. The van der Waals surface area contributed by atoms with E-state index in [4.69, 9.17) is 16.6 Å². The number of rotatable bonds is 13. The molecule has 4 amide bonds. The third-order valence-corrected chi connectivity index (χ3v) is 11.9. The minimum Gasteiger partial charge on any atom is -0.785 e. The molecule has 13 nitrogen and oxygen atoms in total. The average Bonchev–Trinajstić information content (AvgIpc) is 3.75. The van der Waals surface area contributed by atoms with Gasteiger partial charge in [-0.2, -0.15) is 0 Å². The monoisotopic (exact) mass is 769 g/mol. The minimum absolute atomic E-state index is 0.162. The molecule has 0 saturated carbocycles. The molecule has 2 aromatic carbocycles. The van der Waals surface area contributed by atoms with Crippen LogP contribution in [-0.2, 0) is 20.9 Å². The van der Waals surface area contributed by atoms with Crippen molar-refractivity contribution >= 4 is 58.0 Å². The maximum Gasteiger partial charge on any atom is 0.255 e. The van der Waals surface area contributed by atoms with Crippen molar-refractivity contribution in [2.24, 2.45) is 4.99 Å². The summed E-state index contributed by atoms with van der Waals surface area (Å²) in [6.07, 6.45) is 4.18. The molecule has 15 heteroatoms. The van der Waals surface area contributed by atoms with Crippen molar-refractivity contribution in [1.82, 2.24) is 30.0 Å². The second kappa shape index (κ2) is 15.9. The number of fused-ring (bicyclic) bond motifs is 4. The zero-order valence-electron chi connectivity index (χ0n) is 30.5. The van der Waals surface area contributed by atoms with Crippen molar-refractivity contribution in [2.45, 2.75) is 90.8 Å². The molecule has 3 aliphatic heterocycles. The number of benzene rings is 2. The molecule has 4 aromatic rings. The number of nitrogens with zero attached hydrogens (tertiary/aromatic N) is 6. The van der Waals surface area contributed by atoms with Crippen LogP contribution in [0.15, 0.2) is 47.5 Å². The van der Waals surface area contributed by atoms with Gasteiger partial charge in [0.05, 0.1) is 5.71 Å². The van der Waals surface area contributed by atoms with Crippen LogP contribution in [0.25, 0.3) is 5.00 Å². The van der Waals surface area contributed by atoms with Crippen LogP contribution in [0.3, 0.4) is 0 Å². The Bertz CT molecular complexity index is 2140. The van der Waals surface area contributed by atoms with E-state index >= 15 is 0 Å². The summed E-state index contributed by atoms with van der Waals surface area (Å²) in [7, 11) is 0. The number of imide groups is 1. The molecule has 1 saturated heterocycles. The SMILES string of the molecule is Cc1sc2c(c1C)C(c1ccc(Cl)cc1)=N[C@@H](CCN([O-])CCCCCCC(=O)Nc1cccc3c1CN(C1CCC(=O)NC1=O)C3=O)c1nnc(C)n1-2. The van der Waals surface area contributed by atoms with Crippen LogP contribution < -0.4 is 10.6 Å². The van der Waals surface area contributed by atoms with E-state index in [1.165, 1.54) is 9.78 Å². The molecule has 7 rings (SSSR count). The van der Waals surface area contributed by atoms with E-state index in [1.54, 1.807) is 29.5 Å². The maximum absolute atomic E-state index is 13.1. The number of aliphatic imine (C=N–C) groups is 1. The zero-order chi connectivity index (χ0) is 38.1. The standard InChI is InChI=1S/C39H42ClN8O5S/c1-22-23(2)54-39-34(22)35(25-12-14-26(40)15-13-25)42-30(36-45-44-24(3)48(36)39)18-20-46(53)19-7-5-4-6-11-32(49)41-29-10-8-9-27-28(29)21-47(38(27)52)31-16-17-33(50)43-37(31)51/h8-10,12-15,30-31H,4-7,11,16-21H2,1-3H3,(H,41,49)(H,43,50,51)/q-1/t30-,31?/m0/s1. The Kier molecular flexibility index (Phi) is 11.1. The van der Waals surface area contributed by atoms with Gasteiger partial charge in [-0.1, -0.05) is 42.6 Å². The van der Waals surface area contributed by atoms with Crippen LogP contribution >= 0.6 is 22.9 Å². The van der Waals surface area contributed by atoms with E-state index in [9.17, 15) is 24.4 Å². The van der Waals surface area contributed by atoms with Crippen molar-refractivity contribution in [2.75, 3.05) is 18.4 Å². The number of piperidine rings is 1. The molecular weight excluding hydrogens is 728 g/mol. The molecule has 54 heavy (non-hydrogen) atoms. The van der Waals surface area contributed by atoms with Gasteiger partial charge in [0, 0.05) is 57.2 Å². The molecule has 5 heterocycles. The Labute approximate surface area is 322 Å². The number of hydrogen-bond donors (Lipinski definition) is 2. The number of halogens is 1. The van der Waals surface area contributed by atoms with Crippen molar-refractivity contribution < 1.29 is 19.2 Å². The van der Waals surface area contributed by atoms with Gasteiger partial charge in [0.1, 0.15) is 22.9 Å². The molecule has 1 unspecified atom stereocenters. The normalized spacial score (nSPS) is 17.9. The summed E-state index contributed by atoms with van der Waals surface area (Å²) in [5, 5.41) is 30.0. The summed E-state index contributed by atoms with van der Waals surface area (Å²) >= 11 is 7.92. The summed E-state index contributed by atoms with van der Waals surface area (Å²) in [4.78, 5) is 57.9. The summed E-state index contributed by atoms with van der Waals surface area (Å²) in [6, 6.07) is 11.8. The molecule has 0 aliphatic carbocycles. The Morgan fingerprint density at radius 2 is 1.81 bits per heavy atom. The number of hydrogen-bond acceptors (Lipinski definition) is 10. The Balaban J connectivity index is 0.894. The minimum atomic E-state index is -0.719. The van der Waals surface area contributed by atoms with Gasteiger partial charge in [0.2, 0.25) is 17.7 Å². The highest BCUT2D eigenvalue weighted by molar-refractivity contribution is 7.15. The number of anilines is 1. The molecule has 0 bridgehead atoms. The third-order valence-electron chi connectivity index (χ3n) is 10.4. The zero-order valence-corrected chi connectivity index (χ0v) is 32.1. The highest BCUT2D eigenvalue weighted by atomic mass is 35.5. The molecule has 3 aliphatic rings. The Hall–Kier alpha value is -4.76. The quantitative estimate of drug-likeness (QED) is 0.0904. The van der Waals surface area contributed by atoms with Crippen LogP contribution in [0.5, 0.6) is 0 Å². The molecule has 2 atom stereocenters. The van der Waals surface area contributed by atoms with Gasteiger partial charge in [-0.25, -0.2) is 0 Å². The lowest BCUT2D eigenvalue weighted by Crippen LogP contribution is -2.52. The maximum atomic E-state index is 13.1. The van der Waals surface area contributed by atoms with Crippen molar-refractivity contribution in [1.29, 1.82) is 0 Å². The molecule has 282 valence electrons. The highest BCUT2D eigenvalue weighted by Gasteiger charge is 2.40. The molecular formula is C39H42ClN8O5S-. The van der Waals surface area contributed by atoms with Gasteiger partial charge in [0.25, 0.3) is 5.91 Å². The van der Waals surface area contributed by atoms with Gasteiger partial charge in [-0.3, -0.25) is 34.1 Å². The Morgan fingerprint density at radius 3 is 2.59 bits per heavy atom. The number of nitrogens with one attached hydrogen (secondary N) is 2. The van der Waals surface area contributed by atoms with Crippen LogP contribution in [0.2, 0.25) is 5.02 Å². The predicted octanol–water partition coefficient (Wildman–Crippen LogP) is 6.34. The fraction of sp³-hybridized carbons (Fsp3) is 0.410. The topological polar surface area (TPSA) is 165 Å². The number of aryl methyl sites for hydroxylation is 2. The lowest BCUT2D eigenvalue weighted by Gasteiger charge is -2.29. The number of thiophene rings is 1. The predicted molar refractivity (Wildman–Crippen MR) is 207 cm³/mol. The molecule has 0 radical (unpaired) electrons.